The topological polar surface area (TPSA) is 71.3 Å². The van der Waals surface area contributed by atoms with E-state index in [9.17, 15) is 14.4 Å². The van der Waals surface area contributed by atoms with Crippen molar-refractivity contribution in [2.45, 2.75) is 19.6 Å². The highest BCUT2D eigenvalue weighted by molar-refractivity contribution is 9.10. The van der Waals surface area contributed by atoms with Crippen molar-refractivity contribution in [2.24, 2.45) is 0 Å². The van der Waals surface area contributed by atoms with E-state index in [0.29, 0.717) is 27.1 Å². The molecule has 7 heteroatoms. The van der Waals surface area contributed by atoms with Crippen LogP contribution in [-0.4, -0.2) is 13.0 Å². The van der Waals surface area contributed by atoms with Gasteiger partial charge in [0.15, 0.2) is 11.5 Å². The maximum atomic E-state index is 13.9. The second-order valence-electron chi connectivity index (χ2n) is 7.18. The molecule has 0 aromatic heterocycles. The minimum absolute atomic E-state index is 0.0217. The standard InChI is InChI=1S/C26H22BrFN2O3/c1-17(18-8-4-3-5-9-18)30-26(31)21(15-29)12-20-13-24(32-2)25(14-22(20)27)33-16-19-10-6-7-11-23(19)28/h3-14,17H,16H2,1-2H3,(H,30,31)/b21-12-/t17-/m0/s1. The van der Waals surface area contributed by atoms with Crippen molar-refractivity contribution in [3.63, 3.8) is 0 Å². The molecular formula is C26H22BrFN2O3. The zero-order chi connectivity index (χ0) is 23.8. The first-order valence-corrected chi connectivity index (χ1v) is 10.9. The number of nitrogens with zero attached hydrogens (tertiary/aromatic N) is 1. The molecule has 0 bridgehead atoms. The van der Waals surface area contributed by atoms with Crippen molar-refractivity contribution in [1.82, 2.24) is 5.32 Å². The van der Waals surface area contributed by atoms with Gasteiger partial charge in [-0.25, -0.2) is 4.39 Å². The third kappa shape index (κ3) is 6.21. The lowest BCUT2D eigenvalue weighted by atomic mass is 10.1. The minimum atomic E-state index is -0.486. The van der Waals surface area contributed by atoms with Gasteiger partial charge in [-0.2, -0.15) is 5.26 Å². The van der Waals surface area contributed by atoms with Gasteiger partial charge >= 0.3 is 0 Å². The molecule has 0 aliphatic heterocycles. The molecule has 0 unspecified atom stereocenters. The lowest BCUT2D eigenvalue weighted by Gasteiger charge is -2.15. The monoisotopic (exact) mass is 508 g/mol. The number of rotatable bonds is 8. The molecule has 3 rings (SSSR count). The maximum Gasteiger partial charge on any atom is 0.262 e. The van der Waals surface area contributed by atoms with Crippen LogP contribution in [0.5, 0.6) is 11.5 Å². The number of nitrogens with one attached hydrogen (secondary N) is 1. The van der Waals surface area contributed by atoms with E-state index >= 15 is 0 Å². The van der Waals surface area contributed by atoms with Crippen molar-refractivity contribution in [2.75, 3.05) is 7.11 Å². The van der Waals surface area contributed by atoms with Crippen LogP contribution in [0.4, 0.5) is 4.39 Å². The van der Waals surface area contributed by atoms with E-state index in [2.05, 4.69) is 21.2 Å². The summed E-state index contributed by atoms with van der Waals surface area (Å²) in [6.45, 7) is 1.87. The Labute approximate surface area is 200 Å². The largest absolute Gasteiger partial charge is 0.493 e. The van der Waals surface area contributed by atoms with Crippen LogP contribution >= 0.6 is 15.9 Å². The van der Waals surface area contributed by atoms with Gasteiger partial charge in [-0.15, -0.1) is 0 Å². The van der Waals surface area contributed by atoms with Crippen LogP contribution in [0.15, 0.2) is 76.8 Å². The molecule has 1 atom stereocenters. The Morgan fingerprint density at radius 2 is 1.85 bits per heavy atom. The van der Waals surface area contributed by atoms with Crippen LogP contribution in [0.3, 0.4) is 0 Å². The summed E-state index contributed by atoms with van der Waals surface area (Å²) in [6.07, 6.45) is 1.47. The number of benzene rings is 3. The molecule has 33 heavy (non-hydrogen) atoms. The van der Waals surface area contributed by atoms with Crippen LogP contribution in [0.25, 0.3) is 6.08 Å². The zero-order valence-electron chi connectivity index (χ0n) is 18.1. The Morgan fingerprint density at radius 3 is 2.52 bits per heavy atom. The number of carbonyl (C=O) groups is 1. The summed E-state index contributed by atoms with van der Waals surface area (Å²) < 4.78 is 25.6. The van der Waals surface area contributed by atoms with Gasteiger partial charge in [0.2, 0.25) is 0 Å². The predicted molar refractivity (Wildman–Crippen MR) is 128 cm³/mol. The molecule has 168 valence electrons. The first-order valence-electron chi connectivity index (χ1n) is 10.1. The van der Waals surface area contributed by atoms with Crippen molar-refractivity contribution in [3.05, 3.63) is 99.3 Å². The Bertz CT molecular complexity index is 1210. The molecule has 0 aliphatic rings. The number of methoxy groups -OCH3 is 1. The van der Waals surface area contributed by atoms with E-state index in [1.165, 1.54) is 19.3 Å². The lowest BCUT2D eigenvalue weighted by molar-refractivity contribution is -0.117. The van der Waals surface area contributed by atoms with E-state index in [1.54, 1.807) is 30.3 Å². The molecule has 3 aromatic carbocycles. The van der Waals surface area contributed by atoms with Crippen LogP contribution in [0.2, 0.25) is 0 Å². The average molecular weight is 509 g/mol. The maximum absolute atomic E-state index is 13.9. The third-order valence-corrected chi connectivity index (χ3v) is 5.62. The summed E-state index contributed by atoms with van der Waals surface area (Å²) >= 11 is 3.45. The van der Waals surface area contributed by atoms with Gasteiger partial charge in [0.1, 0.15) is 24.1 Å². The second kappa shape index (κ2) is 11.3. The SMILES string of the molecule is COc1cc(/C=C(/C#N)C(=O)N[C@@H](C)c2ccccc2)c(Br)cc1OCc1ccccc1F. The van der Waals surface area contributed by atoms with E-state index in [-0.39, 0.29) is 24.0 Å². The van der Waals surface area contributed by atoms with Crippen LogP contribution in [-0.2, 0) is 11.4 Å². The number of carbonyl (C=O) groups excluding carboxylic acids is 1. The van der Waals surface area contributed by atoms with Crippen molar-refractivity contribution in [1.29, 1.82) is 5.26 Å². The zero-order valence-corrected chi connectivity index (χ0v) is 19.7. The van der Waals surface area contributed by atoms with Gasteiger partial charge in [-0.1, -0.05) is 64.5 Å². The first-order chi connectivity index (χ1) is 15.9. The smallest absolute Gasteiger partial charge is 0.262 e. The third-order valence-electron chi connectivity index (χ3n) is 4.94. The molecule has 0 heterocycles. The van der Waals surface area contributed by atoms with Gasteiger partial charge in [0, 0.05) is 10.0 Å². The summed E-state index contributed by atoms with van der Waals surface area (Å²) in [7, 11) is 1.48. The fraction of sp³-hybridized carbons (Fsp3) is 0.154. The molecule has 0 fully saturated rings. The lowest BCUT2D eigenvalue weighted by Crippen LogP contribution is -2.27. The molecular weight excluding hydrogens is 487 g/mol. The highest BCUT2D eigenvalue weighted by Gasteiger charge is 2.16. The van der Waals surface area contributed by atoms with Crippen molar-refractivity contribution >= 4 is 27.9 Å². The Balaban J connectivity index is 1.80. The Morgan fingerprint density at radius 1 is 1.15 bits per heavy atom. The van der Waals surface area contributed by atoms with E-state index < -0.39 is 5.91 Å². The average Bonchev–Trinajstić information content (AvgIpc) is 2.83. The minimum Gasteiger partial charge on any atom is -0.493 e. The fourth-order valence-electron chi connectivity index (χ4n) is 3.11. The molecule has 0 aliphatic carbocycles. The van der Waals surface area contributed by atoms with Gasteiger partial charge in [0.25, 0.3) is 5.91 Å². The van der Waals surface area contributed by atoms with Crippen molar-refractivity contribution < 1.29 is 18.7 Å². The molecule has 3 aromatic rings. The first kappa shape index (κ1) is 24.0. The van der Waals surface area contributed by atoms with Gasteiger partial charge in [-0.3, -0.25) is 4.79 Å². The number of ether oxygens (including phenoxy) is 2. The summed E-state index contributed by atoms with van der Waals surface area (Å²) in [5.74, 6) is -0.0642. The van der Waals surface area contributed by atoms with E-state index in [1.807, 2.05) is 43.3 Å². The number of nitriles is 1. The summed E-state index contributed by atoms with van der Waals surface area (Å²) in [5, 5.41) is 12.4. The molecule has 0 saturated carbocycles. The number of hydrogen-bond donors (Lipinski definition) is 1. The van der Waals surface area contributed by atoms with Gasteiger partial charge in [0.05, 0.1) is 13.2 Å². The molecule has 0 saturated heterocycles. The number of amides is 1. The highest BCUT2D eigenvalue weighted by Crippen LogP contribution is 2.35. The van der Waals surface area contributed by atoms with E-state index in [0.717, 1.165) is 5.56 Å². The summed E-state index contributed by atoms with van der Waals surface area (Å²) in [5.41, 5.74) is 1.85. The van der Waals surface area contributed by atoms with E-state index in [4.69, 9.17) is 9.47 Å². The predicted octanol–water partition coefficient (Wildman–Crippen LogP) is 5.96. The fourth-order valence-corrected chi connectivity index (χ4v) is 3.55. The molecule has 5 nitrogen and oxygen atoms in total. The molecule has 1 amide bonds. The quantitative estimate of drug-likeness (QED) is 0.301. The van der Waals surface area contributed by atoms with Crippen molar-refractivity contribution in [3.8, 4) is 17.6 Å². The normalized spacial score (nSPS) is 11.9. The van der Waals surface area contributed by atoms with Crippen LogP contribution in [0.1, 0.15) is 29.7 Å². The number of hydrogen-bond acceptors (Lipinski definition) is 4. The second-order valence-corrected chi connectivity index (χ2v) is 8.03. The molecule has 0 spiro atoms. The van der Waals surface area contributed by atoms with Gasteiger partial charge < -0.3 is 14.8 Å². The van der Waals surface area contributed by atoms with Crippen LogP contribution < -0.4 is 14.8 Å². The summed E-state index contributed by atoms with van der Waals surface area (Å²) in [4.78, 5) is 12.7. The van der Waals surface area contributed by atoms with Crippen LogP contribution in [0, 0.1) is 17.1 Å². The number of halogens is 2. The summed E-state index contributed by atoms with van der Waals surface area (Å²) in [6, 6.07) is 20.8. The van der Waals surface area contributed by atoms with Gasteiger partial charge in [-0.05, 0) is 42.3 Å². The highest BCUT2D eigenvalue weighted by atomic mass is 79.9. The Kier molecular flexibility index (Phi) is 8.22. The molecule has 1 N–H and O–H groups in total. The molecule has 0 radical (unpaired) electrons. The Hall–Kier alpha value is -3.63.